The number of benzene rings is 3. The van der Waals surface area contributed by atoms with Gasteiger partial charge in [-0.05, 0) is 61.5 Å². The molecule has 0 aliphatic carbocycles. The Labute approximate surface area is 169 Å². The summed E-state index contributed by atoms with van der Waals surface area (Å²) in [5.74, 6) is 1.11. The number of anilines is 2. The zero-order chi connectivity index (χ0) is 20.5. The van der Waals surface area contributed by atoms with E-state index in [0.29, 0.717) is 23.5 Å². The van der Waals surface area contributed by atoms with Crippen LogP contribution in [0.25, 0.3) is 0 Å². The van der Waals surface area contributed by atoms with Crippen LogP contribution in [0.3, 0.4) is 0 Å². The molecule has 148 valence electrons. The van der Waals surface area contributed by atoms with Crippen molar-refractivity contribution in [3.63, 3.8) is 0 Å². The molecule has 3 N–H and O–H groups in total. The maximum atomic E-state index is 12.2. The van der Waals surface area contributed by atoms with Crippen LogP contribution in [-0.4, -0.2) is 24.9 Å². The van der Waals surface area contributed by atoms with Gasteiger partial charge in [0.1, 0.15) is 11.5 Å². The maximum absolute atomic E-state index is 12.2. The number of hydrogen-bond donors (Lipinski definition) is 3. The van der Waals surface area contributed by atoms with Crippen LogP contribution in [0, 0.1) is 0 Å². The van der Waals surface area contributed by atoms with Gasteiger partial charge in [-0.2, -0.15) is 0 Å². The second kappa shape index (κ2) is 9.94. The summed E-state index contributed by atoms with van der Waals surface area (Å²) in [5.41, 5.74) is 1.88. The Balaban J connectivity index is 1.50. The molecule has 29 heavy (non-hydrogen) atoms. The molecule has 0 aliphatic heterocycles. The monoisotopic (exact) mass is 389 g/mol. The highest BCUT2D eigenvalue weighted by atomic mass is 16.5. The minimum absolute atomic E-state index is 0.101. The summed E-state index contributed by atoms with van der Waals surface area (Å²) in [5, 5.41) is 8.59. The number of amides is 2. The molecule has 3 aromatic rings. The Bertz CT molecular complexity index is 957. The molecule has 0 saturated carbocycles. The van der Waals surface area contributed by atoms with Crippen molar-refractivity contribution in [2.24, 2.45) is 0 Å². The van der Waals surface area contributed by atoms with E-state index in [1.54, 1.807) is 24.3 Å². The molecular weight excluding hydrogens is 366 g/mol. The van der Waals surface area contributed by atoms with E-state index >= 15 is 0 Å². The van der Waals surface area contributed by atoms with Gasteiger partial charge in [-0.25, -0.2) is 0 Å². The number of carbonyl (C=O) groups excluding carboxylic acids is 2. The SMILES string of the molecule is CCNC(=O)c1cccc(NC(=O)CNc2ccc(Oc3ccccc3)cc2)c1. The highest BCUT2D eigenvalue weighted by molar-refractivity contribution is 5.98. The van der Waals surface area contributed by atoms with E-state index in [2.05, 4.69) is 16.0 Å². The summed E-state index contributed by atoms with van der Waals surface area (Å²) in [7, 11) is 0. The molecule has 0 heterocycles. The van der Waals surface area contributed by atoms with Crippen LogP contribution < -0.4 is 20.7 Å². The first-order valence-electron chi connectivity index (χ1n) is 9.39. The molecule has 0 saturated heterocycles. The molecule has 3 aromatic carbocycles. The Morgan fingerprint density at radius 1 is 0.828 bits per heavy atom. The van der Waals surface area contributed by atoms with Crippen molar-refractivity contribution in [2.45, 2.75) is 6.92 Å². The number of hydrogen-bond acceptors (Lipinski definition) is 4. The first-order valence-corrected chi connectivity index (χ1v) is 9.39. The quantitative estimate of drug-likeness (QED) is 0.537. The zero-order valence-corrected chi connectivity index (χ0v) is 16.1. The van der Waals surface area contributed by atoms with Crippen LogP contribution in [-0.2, 0) is 4.79 Å². The summed E-state index contributed by atoms with van der Waals surface area (Å²) in [6, 6.07) is 23.7. The van der Waals surface area contributed by atoms with E-state index in [4.69, 9.17) is 4.74 Å². The fourth-order valence-corrected chi connectivity index (χ4v) is 2.65. The fraction of sp³-hybridized carbons (Fsp3) is 0.130. The van der Waals surface area contributed by atoms with E-state index in [1.165, 1.54) is 0 Å². The third-order valence-corrected chi connectivity index (χ3v) is 4.03. The first kappa shape index (κ1) is 19.9. The molecule has 3 rings (SSSR count). The zero-order valence-electron chi connectivity index (χ0n) is 16.1. The van der Waals surface area contributed by atoms with Gasteiger partial charge in [-0.15, -0.1) is 0 Å². The van der Waals surface area contributed by atoms with Gasteiger partial charge in [0.15, 0.2) is 0 Å². The summed E-state index contributed by atoms with van der Waals surface area (Å²) >= 11 is 0. The molecular formula is C23H23N3O3. The standard InChI is InChI=1S/C23H23N3O3/c1-2-24-23(28)17-7-6-8-19(15-17)26-22(27)16-25-18-11-13-21(14-12-18)29-20-9-4-3-5-10-20/h3-15,25H,2,16H2,1H3,(H,24,28)(H,26,27). The van der Waals surface area contributed by atoms with E-state index in [-0.39, 0.29) is 18.4 Å². The predicted molar refractivity (Wildman–Crippen MR) is 115 cm³/mol. The highest BCUT2D eigenvalue weighted by Gasteiger charge is 2.07. The van der Waals surface area contributed by atoms with Crippen LogP contribution in [0.5, 0.6) is 11.5 Å². The molecule has 0 radical (unpaired) electrons. The van der Waals surface area contributed by atoms with E-state index in [9.17, 15) is 9.59 Å². The van der Waals surface area contributed by atoms with Crippen LogP contribution in [0.2, 0.25) is 0 Å². The average Bonchev–Trinajstić information content (AvgIpc) is 2.74. The minimum Gasteiger partial charge on any atom is -0.457 e. The topological polar surface area (TPSA) is 79.5 Å². The Kier molecular flexibility index (Phi) is 6.84. The van der Waals surface area contributed by atoms with Crippen molar-refractivity contribution in [3.8, 4) is 11.5 Å². The molecule has 0 aromatic heterocycles. The molecule has 0 spiro atoms. The number of para-hydroxylation sites is 1. The number of nitrogens with one attached hydrogen (secondary N) is 3. The Hall–Kier alpha value is -3.80. The Morgan fingerprint density at radius 3 is 2.28 bits per heavy atom. The smallest absolute Gasteiger partial charge is 0.251 e. The lowest BCUT2D eigenvalue weighted by molar-refractivity contribution is -0.114. The predicted octanol–water partition coefficient (Wildman–Crippen LogP) is 4.28. The van der Waals surface area contributed by atoms with Crippen molar-refractivity contribution in [3.05, 3.63) is 84.4 Å². The summed E-state index contributed by atoms with van der Waals surface area (Å²) < 4.78 is 5.75. The van der Waals surface area contributed by atoms with Crippen LogP contribution in [0.4, 0.5) is 11.4 Å². The van der Waals surface area contributed by atoms with Crippen molar-refractivity contribution in [2.75, 3.05) is 23.7 Å². The molecule has 6 heteroatoms. The molecule has 6 nitrogen and oxygen atoms in total. The lowest BCUT2D eigenvalue weighted by Gasteiger charge is -2.10. The van der Waals surface area contributed by atoms with Gasteiger partial charge in [0.25, 0.3) is 5.91 Å². The van der Waals surface area contributed by atoms with Gasteiger partial charge in [0.05, 0.1) is 6.54 Å². The molecule has 2 amide bonds. The van der Waals surface area contributed by atoms with Crippen LogP contribution >= 0.6 is 0 Å². The lowest BCUT2D eigenvalue weighted by atomic mass is 10.2. The summed E-state index contributed by atoms with van der Waals surface area (Å²) in [6.07, 6.45) is 0. The highest BCUT2D eigenvalue weighted by Crippen LogP contribution is 2.22. The molecule has 0 unspecified atom stereocenters. The number of rotatable bonds is 8. The number of ether oxygens (including phenoxy) is 1. The normalized spacial score (nSPS) is 10.1. The second-order valence-corrected chi connectivity index (χ2v) is 6.28. The van der Waals surface area contributed by atoms with Crippen LogP contribution in [0.15, 0.2) is 78.9 Å². The van der Waals surface area contributed by atoms with Gasteiger partial charge in [0, 0.05) is 23.5 Å². The van der Waals surface area contributed by atoms with Gasteiger partial charge >= 0.3 is 0 Å². The summed E-state index contributed by atoms with van der Waals surface area (Å²) in [4.78, 5) is 24.1. The average molecular weight is 389 g/mol. The maximum Gasteiger partial charge on any atom is 0.251 e. The minimum atomic E-state index is -0.206. The third kappa shape index (κ3) is 6.10. The van der Waals surface area contributed by atoms with E-state index in [1.807, 2.05) is 61.5 Å². The van der Waals surface area contributed by atoms with Crippen molar-refractivity contribution in [1.82, 2.24) is 5.32 Å². The second-order valence-electron chi connectivity index (χ2n) is 6.28. The van der Waals surface area contributed by atoms with E-state index in [0.717, 1.165) is 11.4 Å². The lowest BCUT2D eigenvalue weighted by Crippen LogP contribution is -2.24. The molecule has 0 bridgehead atoms. The Morgan fingerprint density at radius 2 is 1.55 bits per heavy atom. The van der Waals surface area contributed by atoms with Crippen molar-refractivity contribution >= 4 is 23.2 Å². The molecule has 0 aliphatic rings. The third-order valence-electron chi connectivity index (χ3n) is 4.03. The van der Waals surface area contributed by atoms with Gasteiger partial charge in [0.2, 0.25) is 5.91 Å². The number of carbonyl (C=O) groups is 2. The molecule has 0 atom stereocenters. The molecule has 0 fully saturated rings. The fourth-order valence-electron chi connectivity index (χ4n) is 2.65. The summed E-state index contributed by atoms with van der Waals surface area (Å²) in [6.45, 7) is 2.51. The first-order chi connectivity index (χ1) is 14.1. The van der Waals surface area contributed by atoms with Gasteiger partial charge < -0.3 is 20.7 Å². The van der Waals surface area contributed by atoms with Gasteiger partial charge in [-0.1, -0.05) is 24.3 Å². The largest absolute Gasteiger partial charge is 0.457 e. The van der Waals surface area contributed by atoms with Crippen LogP contribution in [0.1, 0.15) is 17.3 Å². The van der Waals surface area contributed by atoms with E-state index < -0.39 is 0 Å². The van der Waals surface area contributed by atoms with Crippen molar-refractivity contribution in [1.29, 1.82) is 0 Å². The van der Waals surface area contributed by atoms with Crippen molar-refractivity contribution < 1.29 is 14.3 Å². The van der Waals surface area contributed by atoms with Gasteiger partial charge in [-0.3, -0.25) is 9.59 Å².